The molecule has 2 atom stereocenters. The molecule has 2 aromatic carbocycles. The zero-order chi connectivity index (χ0) is 20.8. The second-order valence-corrected chi connectivity index (χ2v) is 7.17. The van der Waals surface area contributed by atoms with Gasteiger partial charge in [0.2, 0.25) is 5.91 Å². The Morgan fingerprint density at radius 3 is 2.63 bits per heavy atom. The number of benzene rings is 2. The summed E-state index contributed by atoms with van der Waals surface area (Å²) in [6, 6.07) is 14.1. The van der Waals surface area contributed by atoms with Gasteiger partial charge in [-0.15, -0.1) is 24.0 Å². The molecule has 1 aliphatic rings. The summed E-state index contributed by atoms with van der Waals surface area (Å²) in [6.07, 6.45) is -0.138. The minimum atomic E-state index is -0.256. The van der Waals surface area contributed by atoms with E-state index in [0.717, 1.165) is 22.8 Å². The zero-order valence-corrected chi connectivity index (χ0v) is 19.7. The van der Waals surface area contributed by atoms with E-state index in [9.17, 15) is 9.18 Å². The highest BCUT2D eigenvalue weighted by Gasteiger charge is 2.28. The Kier molecular flexibility index (Phi) is 9.04. The van der Waals surface area contributed by atoms with Crippen LogP contribution in [-0.2, 0) is 16.1 Å². The number of aliphatic imine (C=N–C) groups is 1. The fourth-order valence-corrected chi connectivity index (χ4v) is 3.46. The quantitative estimate of drug-likeness (QED) is 0.360. The van der Waals surface area contributed by atoms with Gasteiger partial charge in [-0.2, -0.15) is 0 Å². The highest BCUT2D eigenvalue weighted by atomic mass is 127. The molecule has 0 radical (unpaired) electrons. The summed E-state index contributed by atoms with van der Waals surface area (Å²) >= 11 is 0. The molecule has 2 N–H and O–H groups in total. The summed E-state index contributed by atoms with van der Waals surface area (Å²) in [5.41, 5.74) is 2.75. The van der Waals surface area contributed by atoms with Crippen molar-refractivity contribution in [1.29, 1.82) is 0 Å². The maximum Gasteiger partial charge on any atom is 0.221 e. The lowest BCUT2D eigenvalue weighted by atomic mass is 10.1. The number of ether oxygens (including phenoxy) is 1. The fourth-order valence-electron chi connectivity index (χ4n) is 3.46. The summed E-state index contributed by atoms with van der Waals surface area (Å²) < 4.78 is 19.3. The Labute approximate surface area is 193 Å². The van der Waals surface area contributed by atoms with Crippen molar-refractivity contribution in [3.8, 4) is 0 Å². The molecular weight excluding hydrogens is 498 g/mol. The molecule has 30 heavy (non-hydrogen) atoms. The van der Waals surface area contributed by atoms with Crippen LogP contribution in [0.15, 0.2) is 53.5 Å². The number of nitrogens with one attached hydrogen (secondary N) is 2. The lowest BCUT2D eigenvalue weighted by molar-refractivity contribution is -0.114. The van der Waals surface area contributed by atoms with Gasteiger partial charge < -0.3 is 20.3 Å². The van der Waals surface area contributed by atoms with Crippen molar-refractivity contribution in [2.75, 3.05) is 25.5 Å². The van der Waals surface area contributed by atoms with Crippen molar-refractivity contribution in [3.63, 3.8) is 0 Å². The van der Waals surface area contributed by atoms with Gasteiger partial charge in [-0.25, -0.2) is 4.39 Å². The van der Waals surface area contributed by atoms with E-state index in [0.29, 0.717) is 19.6 Å². The van der Waals surface area contributed by atoms with Gasteiger partial charge in [-0.05, 0) is 42.3 Å². The average molecular weight is 526 g/mol. The lowest BCUT2D eigenvalue weighted by Gasteiger charge is -2.38. The number of guanidine groups is 1. The monoisotopic (exact) mass is 526 g/mol. The van der Waals surface area contributed by atoms with Crippen molar-refractivity contribution < 1.29 is 13.9 Å². The number of morpholine rings is 1. The molecule has 0 spiro atoms. The van der Waals surface area contributed by atoms with Crippen LogP contribution >= 0.6 is 24.0 Å². The molecule has 0 saturated carbocycles. The van der Waals surface area contributed by atoms with Crippen molar-refractivity contribution in [2.45, 2.75) is 32.6 Å². The highest BCUT2D eigenvalue weighted by Crippen LogP contribution is 2.25. The van der Waals surface area contributed by atoms with Gasteiger partial charge in [-0.3, -0.25) is 9.79 Å². The third kappa shape index (κ3) is 6.66. The summed E-state index contributed by atoms with van der Waals surface area (Å²) in [4.78, 5) is 17.8. The van der Waals surface area contributed by atoms with E-state index in [1.54, 1.807) is 19.2 Å². The second kappa shape index (κ2) is 11.3. The van der Waals surface area contributed by atoms with Gasteiger partial charge in [0.05, 0.1) is 12.6 Å². The topological polar surface area (TPSA) is 66.0 Å². The molecule has 162 valence electrons. The summed E-state index contributed by atoms with van der Waals surface area (Å²) in [7, 11) is 1.75. The molecular formula is C22H28FIN4O2. The first-order chi connectivity index (χ1) is 13.9. The maximum absolute atomic E-state index is 13.2. The predicted octanol–water partition coefficient (Wildman–Crippen LogP) is 3.94. The van der Waals surface area contributed by atoms with Crippen LogP contribution in [-0.4, -0.2) is 43.0 Å². The second-order valence-electron chi connectivity index (χ2n) is 7.17. The standard InChI is InChI=1S/C22H27FN4O2.HI/c1-15-13-27(14-21(29-15)18-7-9-19(23)10-8-18)22(24-3)25-12-17-5-4-6-20(11-17)26-16(2)28;/h4-11,15,21H,12-14H2,1-3H3,(H,24,25)(H,26,28);1H. The van der Waals surface area contributed by atoms with Crippen LogP contribution in [0, 0.1) is 5.82 Å². The Morgan fingerprint density at radius 2 is 1.97 bits per heavy atom. The van der Waals surface area contributed by atoms with Crippen LogP contribution < -0.4 is 10.6 Å². The molecule has 2 aromatic rings. The third-order valence-electron chi connectivity index (χ3n) is 4.71. The van der Waals surface area contributed by atoms with Gasteiger partial charge in [0, 0.05) is 32.7 Å². The van der Waals surface area contributed by atoms with E-state index in [4.69, 9.17) is 4.74 Å². The number of amides is 1. The van der Waals surface area contributed by atoms with E-state index in [-0.39, 0.29) is 47.9 Å². The van der Waals surface area contributed by atoms with E-state index in [2.05, 4.69) is 20.5 Å². The zero-order valence-electron chi connectivity index (χ0n) is 17.4. The normalized spacial score (nSPS) is 19.1. The fraction of sp³-hybridized carbons (Fsp3) is 0.364. The first-order valence-electron chi connectivity index (χ1n) is 9.67. The average Bonchev–Trinajstić information content (AvgIpc) is 2.68. The van der Waals surface area contributed by atoms with Crippen molar-refractivity contribution in [1.82, 2.24) is 10.2 Å². The van der Waals surface area contributed by atoms with E-state index >= 15 is 0 Å². The largest absolute Gasteiger partial charge is 0.367 e. The van der Waals surface area contributed by atoms with Crippen molar-refractivity contribution >= 4 is 41.5 Å². The van der Waals surface area contributed by atoms with E-state index < -0.39 is 0 Å². The summed E-state index contributed by atoms with van der Waals surface area (Å²) in [5.74, 6) is 0.422. The van der Waals surface area contributed by atoms with Gasteiger partial charge in [-0.1, -0.05) is 24.3 Å². The van der Waals surface area contributed by atoms with E-state index in [1.165, 1.54) is 19.1 Å². The van der Waals surface area contributed by atoms with Crippen LogP contribution in [0.3, 0.4) is 0 Å². The number of hydrogen-bond donors (Lipinski definition) is 2. The summed E-state index contributed by atoms with van der Waals surface area (Å²) in [5, 5.41) is 6.18. The maximum atomic E-state index is 13.2. The molecule has 6 nitrogen and oxygen atoms in total. The molecule has 0 aliphatic carbocycles. The lowest BCUT2D eigenvalue weighted by Crippen LogP contribution is -2.50. The van der Waals surface area contributed by atoms with Crippen molar-refractivity contribution in [2.24, 2.45) is 4.99 Å². The SMILES string of the molecule is CN=C(NCc1cccc(NC(C)=O)c1)N1CC(C)OC(c2ccc(F)cc2)C1.I. The van der Waals surface area contributed by atoms with Gasteiger partial charge >= 0.3 is 0 Å². The van der Waals surface area contributed by atoms with Crippen LogP contribution in [0.2, 0.25) is 0 Å². The predicted molar refractivity (Wildman–Crippen MR) is 128 cm³/mol. The summed E-state index contributed by atoms with van der Waals surface area (Å²) in [6.45, 7) is 5.43. The Bertz CT molecular complexity index is 876. The first-order valence-corrected chi connectivity index (χ1v) is 9.67. The Hall–Kier alpha value is -2.20. The molecule has 1 amide bonds. The number of anilines is 1. The number of rotatable bonds is 4. The van der Waals surface area contributed by atoms with Crippen molar-refractivity contribution in [3.05, 3.63) is 65.5 Å². The number of hydrogen-bond acceptors (Lipinski definition) is 3. The van der Waals surface area contributed by atoms with Crippen LogP contribution in [0.5, 0.6) is 0 Å². The molecule has 1 saturated heterocycles. The van der Waals surface area contributed by atoms with Gasteiger partial charge in [0.25, 0.3) is 0 Å². The first kappa shape index (κ1) is 24.1. The van der Waals surface area contributed by atoms with Crippen LogP contribution in [0.25, 0.3) is 0 Å². The molecule has 1 heterocycles. The molecule has 2 unspecified atom stereocenters. The highest BCUT2D eigenvalue weighted by molar-refractivity contribution is 14.0. The van der Waals surface area contributed by atoms with Gasteiger partial charge in [0.15, 0.2) is 5.96 Å². The Morgan fingerprint density at radius 1 is 1.23 bits per heavy atom. The van der Waals surface area contributed by atoms with Crippen LogP contribution in [0.4, 0.5) is 10.1 Å². The molecule has 3 rings (SSSR count). The third-order valence-corrected chi connectivity index (χ3v) is 4.71. The minimum absolute atomic E-state index is 0. The number of carbonyl (C=O) groups excluding carboxylic acids is 1. The van der Waals surface area contributed by atoms with Crippen LogP contribution in [0.1, 0.15) is 31.1 Å². The minimum Gasteiger partial charge on any atom is -0.367 e. The molecule has 1 aliphatic heterocycles. The Balaban J connectivity index is 0.00000320. The van der Waals surface area contributed by atoms with E-state index in [1.807, 2.05) is 31.2 Å². The van der Waals surface area contributed by atoms with Gasteiger partial charge in [0.1, 0.15) is 11.9 Å². The number of carbonyl (C=O) groups is 1. The smallest absolute Gasteiger partial charge is 0.221 e. The molecule has 0 aromatic heterocycles. The number of nitrogens with zero attached hydrogens (tertiary/aromatic N) is 2. The molecule has 8 heteroatoms. The molecule has 1 fully saturated rings. The molecule has 0 bridgehead atoms. The number of halogens is 2.